The molecule has 0 saturated carbocycles. The number of benzene rings is 1. The highest BCUT2D eigenvalue weighted by Crippen LogP contribution is 2.21. The van der Waals surface area contributed by atoms with E-state index >= 15 is 0 Å². The highest BCUT2D eigenvalue weighted by Gasteiger charge is 2.03. The van der Waals surface area contributed by atoms with Crippen molar-refractivity contribution in [1.82, 2.24) is 5.32 Å². The van der Waals surface area contributed by atoms with Gasteiger partial charge in [0.05, 0.1) is 6.42 Å². The summed E-state index contributed by atoms with van der Waals surface area (Å²) in [5.74, 6) is 0.0371. The molecule has 1 aromatic heterocycles. The minimum Gasteiger partial charge on any atom is -0.381 e. The molecule has 0 spiro atoms. The van der Waals surface area contributed by atoms with E-state index < -0.39 is 0 Å². The molecule has 0 unspecified atom stereocenters. The Kier molecular flexibility index (Phi) is 4.79. The van der Waals surface area contributed by atoms with Gasteiger partial charge in [-0.2, -0.15) is 0 Å². The van der Waals surface area contributed by atoms with Gasteiger partial charge in [-0.3, -0.25) is 4.79 Å². The van der Waals surface area contributed by atoms with Crippen molar-refractivity contribution in [1.29, 1.82) is 0 Å². The lowest BCUT2D eigenvalue weighted by Crippen LogP contribution is -2.19. The van der Waals surface area contributed by atoms with Gasteiger partial charge in [0, 0.05) is 29.0 Å². The standard InChI is InChI=1S/C16H20N2OS/c1-11-8-14(12(2)20-11)10-18-15-6-4-13(5-7-15)9-16(19)17-3/h4-8,18H,9-10H2,1-3H3,(H,17,19). The lowest BCUT2D eigenvalue weighted by molar-refractivity contribution is -0.119. The van der Waals surface area contributed by atoms with Gasteiger partial charge in [0.15, 0.2) is 0 Å². The molecule has 0 bridgehead atoms. The zero-order valence-corrected chi connectivity index (χ0v) is 12.9. The van der Waals surface area contributed by atoms with E-state index in [1.807, 2.05) is 35.6 Å². The van der Waals surface area contributed by atoms with Crippen LogP contribution < -0.4 is 10.6 Å². The van der Waals surface area contributed by atoms with Crippen LogP contribution in [-0.2, 0) is 17.8 Å². The first-order chi connectivity index (χ1) is 9.58. The Balaban J connectivity index is 1.94. The molecular weight excluding hydrogens is 268 g/mol. The lowest BCUT2D eigenvalue weighted by atomic mass is 10.1. The van der Waals surface area contributed by atoms with Crippen molar-refractivity contribution in [3.63, 3.8) is 0 Å². The second-order valence-electron chi connectivity index (χ2n) is 4.84. The van der Waals surface area contributed by atoms with Gasteiger partial charge in [0.1, 0.15) is 0 Å². The molecule has 1 aromatic carbocycles. The third-order valence-electron chi connectivity index (χ3n) is 3.22. The summed E-state index contributed by atoms with van der Waals surface area (Å²) in [6, 6.07) is 10.2. The number of thiophene rings is 1. The minimum absolute atomic E-state index is 0.0371. The van der Waals surface area contributed by atoms with Crippen LogP contribution >= 0.6 is 11.3 Å². The van der Waals surface area contributed by atoms with Gasteiger partial charge in [0.2, 0.25) is 5.91 Å². The number of amides is 1. The summed E-state index contributed by atoms with van der Waals surface area (Å²) < 4.78 is 0. The van der Waals surface area contributed by atoms with Crippen LogP contribution in [-0.4, -0.2) is 13.0 Å². The molecule has 3 nitrogen and oxygen atoms in total. The number of nitrogens with one attached hydrogen (secondary N) is 2. The molecule has 106 valence electrons. The van der Waals surface area contributed by atoms with Crippen molar-refractivity contribution in [2.24, 2.45) is 0 Å². The molecule has 0 fully saturated rings. The van der Waals surface area contributed by atoms with Crippen molar-refractivity contribution in [3.8, 4) is 0 Å². The van der Waals surface area contributed by atoms with E-state index in [1.54, 1.807) is 7.05 Å². The number of hydrogen-bond donors (Lipinski definition) is 2. The van der Waals surface area contributed by atoms with Crippen LogP contribution in [0.3, 0.4) is 0 Å². The maximum absolute atomic E-state index is 11.3. The first-order valence-electron chi connectivity index (χ1n) is 6.68. The summed E-state index contributed by atoms with van der Waals surface area (Å²) in [5.41, 5.74) is 3.45. The van der Waals surface area contributed by atoms with Crippen LogP contribution in [0.5, 0.6) is 0 Å². The van der Waals surface area contributed by atoms with Crippen LogP contribution in [0.15, 0.2) is 30.3 Å². The molecule has 4 heteroatoms. The number of likely N-dealkylation sites (N-methyl/N-ethyl adjacent to an activating group) is 1. The van der Waals surface area contributed by atoms with E-state index in [-0.39, 0.29) is 5.91 Å². The number of anilines is 1. The van der Waals surface area contributed by atoms with Crippen LogP contribution in [0.1, 0.15) is 20.9 Å². The van der Waals surface area contributed by atoms with Crippen LogP contribution in [0.4, 0.5) is 5.69 Å². The average Bonchev–Trinajstić information content (AvgIpc) is 2.76. The van der Waals surface area contributed by atoms with Crippen molar-refractivity contribution in [3.05, 3.63) is 51.2 Å². The SMILES string of the molecule is CNC(=O)Cc1ccc(NCc2cc(C)sc2C)cc1. The topological polar surface area (TPSA) is 41.1 Å². The summed E-state index contributed by atoms with van der Waals surface area (Å²) in [7, 11) is 1.66. The van der Waals surface area contributed by atoms with Crippen LogP contribution in [0.2, 0.25) is 0 Å². The minimum atomic E-state index is 0.0371. The summed E-state index contributed by atoms with van der Waals surface area (Å²) in [5, 5.41) is 6.05. The molecule has 2 aromatic rings. The average molecular weight is 288 g/mol. The highest BCUT2D eigenvalue weighted by atomic mass is 32.1. The van der Waals surface area contributed by atoms with Crippen molar-refractivity contribution >= 4 is 22.9 Å². The number of rotatable bonds is 5. The Hall–Kier alpha value is -1.81. The number of aryl methyl sites for hydroxylation is 2. The molecule has 0 aliphatic heterocycles. The van der Waals surface area contributed by atoms with Gasteiger partial charge in [-0.15, -0.1) is 11.3 Å². The summed E-state index contributed by atoms with van der Waals surface area (Å²) in [4.78, 5) is 14.0. The summed E-state index contributed by atoms with van der Waals surface area (Å²) in [6.07, 6.45) is 0.430. The predicted molar refractivity (Wildman–Crippen MR) is 85.3 cm³/mol. The Bertz CT molecular complexity index is 587. The zero-order chi connectivity index (χ0) is 14.5. The van der Waals surface area contributed by atoms with Gasteiger partial charge in [0.25, 0.3) is 0 Å². The second kappa shape index (κ2) is 6.57. The van der Waals surface area contributed by atoms with E-state index in [2.05, 4.69) is 30.5 Å². The van der Waals surface area contributed by atoms with Crippen LogP contribution in [0, 0.1) is 13.8 Å². The zero-order valence-electron chi connectivity index (χ0n) is 12.1. The van der Waals surface area contributed by atoms with E-state index in [4.69, 9.17) is 0 Å². The van der Waals surface area contributed by atoms with Gasteiger partial charge in [-0.25, -0.2) is 0 Å². The largest absolute Gasteiger partial charge is 0.381 e. The third kappa shape index (κ3) is 3.84. The maximum atomic E-state index is 11.3. The Morgan fingerprint density at radius 3 is 2.45 bits per heavy atom. The smallest absolute Gasteiger partial charge is 0.224 e. The monoisotopic (exact) mass is 288 g/mol. The van der Waals surface area contributed by atoms with Gasteiger partial charge < -0.3 is 10.6 Å². The van der Waals surface area contributed by atoms with Gasteiger partial charge in [-0.05, 0) is 43.2 Å². The molecule has 20 heavy (non-hydrogen) atoms. The lowest BCUT2D eigenvalue weighted by Gasteiger charge is -2.07. The fourth-order valence-corrected chi connectivity index (χ4v) is 3.02. The third-order valence-corrected chi connectivity index (χ3v) is 4.23. The van der Waals surface area contributed by atoms with Crippen LogP contribution in [0.25, 0.3) is 0 Å². The Labute approximate surface area is 124 Å². The van der Waals surface area contributed by atoms with Gasteiger partial charge >= 0.3 is 0 Å². The quantitative estimate of drug-likeness (QED) is 0.886. The maximum Gasteiger partial charge on any atom is 0.224 e. The molecule has 1 amide bonds. The van der Waals surface area contributed by atoms with E-state index in [0.29, 0.717) is 6.42 Å². The highest BCUT2D eigenvalue weighted by molar-refractivity contribution is 7.12. The normalized spacial score (nSPS) is 10.3. The number of carbonyl (C=O) groups is 1. The molecule has 0 aliphatic carbocycles. The summed E-state index contributed by atoms with van der Waals surface area (Å²) >= 11 is 1.83. The number of hydrogen-bond acceptors (Lipinski definition) is 3. The van der Waals surface area contributed by atoms with Crippen molar-refractivity contribution in [2.45, 2.75) is 26.8 Å². The molecule has 0 radical (unpaired) electrons. The first-order valence-corrected chi connectivity index (χ1v) is 7.49. The Morgan fingerprint density at radius 1 is 1.20 bits per heavy atom. The fourth-order valence-electron chi connectivity index (χ4n) is 2.07. The molecule has 0 saturated heterocycles. The molecule has 0 atom stereocenters. The second-order valence-corrected chi connectivity index (χ2v) is 6.30. The Morgan fingerprint density at radius 2 is 1.90 bits per heavy atom. The van der Waals surface area contributed by atoms with E-state index in [9.17, 15) is 4.79 Å². The first kappa shape index (κ1) is 14.6. The van der Waals surface area contributed by atoms with E-state index in [0.717, 1.165) is 17.8 Å². The molecule has 1 heterocycles. The van der Waals surface area contributed by atoms with Crippen molar-refractivity contribution in [2.75, 3.05) is 12.4 Å². The molecular formula is C16H20N2OS. The molecule has 2 rings (SSSR count). The van der Waals surface area contributed by atoms with E-state index in [1.165, 1.54) is 15.3 Å². The summed E-state index contributed by atoms with van der Waals surface area (Å²) in [6.45, 7) is 5.13. The number of carbonyl (C=O) groups excluding carboxylic acids is 1. The molecule has 0 aliphatic rings. The van der Waals surface area contributed by atoms with Crippen molar-refractivity contribution < 1.29 is 4.79 Å². The molecule has 2 N–H and O–H groups in total. The fraction of sp³-hybridized carbons (Fsp3) is 0.312. The van der Waals surface area contributed by atoms with Gasteiger partial charge in [-0.1, -0.05) is 12.1 Å². The predicted octanol–water partition coefficient (Wildman–Crippen LogP) is 3.27.